The second-order valence-electron chi connectivity index (χ2n) is 5.07. The molecule has 1 atom stereocenters. The summed E-state index contributed by atoms with van der Waals surface area (Å²) in [5, 5.41) is 0. The SMILES string of the molecule is CC(C)C[C@H]1c2ccccc2CCN1C. The zero-order chi connectivity index (χ0) is 10.8. The van der Waals surface area contributed by atoms with Gasteiger partial charge in [0.05, 0.1) is 0 Å². The quantitative estimate of drug-likeness (QED) is 0.713. The van der Waals surface area contributed by atoms with Crippen molar-refractivity contribution in [3.8, 4) is 0 Å². The second-order valence-corrected chi connectivity index (χ2v) is 5.07. The second kappa shape index (κ2) is 4.36. The molecule has 0 spiro atoms. The van der Waals surface area contributed by atoms with Crippen LogP contribution in [0, 0.1) is 5.92 Å². The van der Waals surface area contributed by atoms with Gasteiger partial charge in [0.1, 0.15) is 0 Å². The van der Waals surface area contributed by atoms with E-state index in [1.165, 1.54) is 19.4 Å². The van der Waals surface area contributed by atoms with Gasteiger partial charge in [-0.05, 0) is 36.9 Å². The average molecular weight is 203 g/mol. The molecule has 1 nitrogen and oxygen atoms in total. The van der Waals surface area contributed by atoms with Gasteiger partial charge >= 0.3 is 0 Å². The van der Waals surface area contributed by atoms with Gasteiger partial charge in [-0.3, -0.25) is 4.90 Å². The largest absolute Gasteiger partial charge is 0.299 e. The van der Waals surface area contributed by atoms with Crippen LogP contribution in [0.1, 0.15) is 37.4 Å². The van der Waals surface area contributed by atoms with E-state index in [1.54, 1.807) is 11.1 Å². The van der Waals surface area contributed by atoms with E-state index in [0.29, 0.717) is 6.04 Å². The van der Waals surface area contributed by atoms with Crippen LogP contribution in [0.3, 0.4) is 0 Å². The van der Waals surface area contributed by atoms with Crippen LogP contribution in [0.15, 0.2) is 24.3 Å². The van der Waals surface area contributed by atoms with Gasteiger partial charge in [0.2, 0.25) is 0 Å². The molecule has 0 fully saturated rings. The highest BCUT2D eigenvalue weighted by molar-refractivity contribution is 5.32. The first kappa shape index (κ1) is 10.7. The molecule has 1 aliphatic heterocycles. The van der Waals surface area contributed by atoms with Crippen LogP contribution in [0.4, 0.5) is 0 Å². The number of nitrogens with zero attached hydrogens (tertiary/aromatic N) is 1. The fraction of sp³-hybridized carbons (Fsp3) is 0.571. The van der Waals surface area contributed by atoms with E-state index in [0.717, 1.165) is 5.92 Å². The van der Waals surface area contributed by atoms with E-state index in [1.807, 2.05) is 0 Å². The number of hydrogen-bond donors (Lipinski definition) is 0. The lowest BCUT2D eigenvalue weighted by molar-refractivity contribution is 0.202. The van der Waals surface area contributed by atoms with E-state index < -0.39 is 0 Å². The monoisotopic (exact) mass is 203 g/mol. The van der Waals surface area contributed by atoms with Gasteiger partial charge < -0.3 is 0 Å². The first-order valence-electron chi connectivity index (χ1n) is 5.96. The van der Waals surface area contributed by atoms with Crippen LogP contribution >= 0.6 is 0 Å². The summed E-state index contributed by atoms with van der Waals surface area (Å²) in [5.74, 6) is 0.767. The molecule has 1 heteroatoms. The van der Waals surface area contributed by atoms with Crippen molar-refractivity contribution in [2.24, 2.45) is 5.92 Å². The van der Waals surface area contributed by atoms with E-state index in [2.05, 4.69) is 50.1 Å². The lowest BCUT2D eigenvalue weighted by atomic mass is 9.88. The molecule has 0 saturated carbocycles. The Morgan fingerprint density at radius 1 is 1.33 bits per heavy atom. The zero-order valence-corrected chi connectivity index (χ0v) is 10.0. The number of fused-ring (bicyclic) bond motifs is 1. The molecule has 0 saturated heterocycles. The molecule has 1 aromatic rings. The molecule has 0 aliphatic carbocycles. The highest BCUT2D eigenvalue weighted by Gasteiger charge is 2.24. The van der Waals surface area contributed by atoms with Gasteiger partial charge in [-0.25, -0.2) is 0 Å². The predicted octanol–water partition coefficient (Wildman–Crippen LogP) is 3.26. The Morgan fingerprint density at radius 3 is 2.80 bits per heavy atom. The highest BCUT2D eigenvalue weighted by atomic mass is 15.1. The smallest absolute Gasteiger partial charge is 0.0350 e. The standard InChI is InChI=1S/C14H21N/c1-11(2)10-14-13-7-5-4-6-12(13)8-9-15(14)3/h4-7,11,14H,8-10H2,1-3H3/t14-/m0/s1. The molecule has 0 amide bonds. The normalized spacial score (nSPS) is 21.7. The molecule has 15 heavy (non-hydrogen) atoms. The first-order valence-corrected chi connectivity index (χ1v) is 5.96. The lowest BCUT2D eigenvalue weighted by Crippen LogP contribution is -2.32. The van der Waals surface area contributed by atoms with E-state index in [-0.39, 0.29) is 0 Å². The van der Waals surface area contributed by atoms with Crippen LogP contribution in [0.2, 0.25) is 0 Å². The van der Waals surface area contributed by atoms with Crippen molar-refractivity contribution in [1.29, 1.82) is 0 Å². The minimum atomic E-state index is 0.634. The van der Waals surface area contributed by atoms with Crippen LogP contribution in [-0.2, 0) is 6.42 Å². The third-order valence-corrected chi connectivity index (χ3v) is 3.37. The number of benzene rings is 1. The van der Waals surface area contributed by atoms with E-state index in [9.17, 15) is 0 Å². The van der Waals surface area contributed by atoms with E-state index in [4.69, 9.17) is 0 Å². The molecule has 0 N–H and O–H groups in total. The fourth-order valence-corrected chi connectivity index (χ4v) is 2.53. The summed E-state index contributed by atoms with van der Waals surface area (Å²) in [6.07, 6.45) is 2.48. The summed E-state index contributed by atoms with van der Waals surface area (Å²) in [4.78, 5) is 2.50. The first-order chi connectivity index (χ1) is 7.18. The third kappa shape index (κ3) is 2.23. The van der Waals surface area contributed by atoms with Crippen LogP contribution in [0.25, 0.3) is 0 Å². The summed E-state index contributed by atoms with van der Waals surface area (Å²) in [6.45, 7) is 5.82. The van der Waals surface area contributed by atoms with Gasteiger partial charge in [-0.2, -0.15) is 0 Å². The molecule has 0 aromatic heterocycles. The Balaban J connectivity index is 2.28. The molecular weight excluding hydrogens is 182 g/mol. The van der Waals surface area contributed by atoms with Crippen LogP contribution in [0.5, 0.6) is 0 Å². The van der Waals surface area contributed by atoms with Gasteiger partial charge in [0.25, 0.3) is 0 Å². The molecule has 0 unspecified atom stereocenters. The van der Waals surface area contributed by atoms with Gasteiger partial charge in [0.15, 0.2) is 0 Å². The van der Waals surface area contributed by atoms with Crippen molar-refractivity contribution in [1.82, 2.24) is 4.90 Å². The molecule has 1 heterocycles. The number of likely N-dealkylation sites (N-methyl/N-ethyl adjacent to an activating group) is 1. The molecule has 1 aromatic carbocycles. The number of rotatable bonds is 2. The molecule has 82 valence electrons. The molecule has 0 radical (unpaired) electrons. The summed E-state index contributed by atoms with van der Waals surface area (Å²) < 4.78 is 0. The molecular formula is C14H21N. The molecule has 1 aliphatic rings. The average Bonchev–Trinajstić information content (AvgIpc) is 2.22. The summed E-state index contributed by atoms with van der Waals surface area (Å²) in [5.41, 5.74) is 3.11. The Morgan fingerprint density at radius 2 is 2.07 bits per heavy atom. The summed E-state index contributed by atoms with van der Waals surface area (Å²) in [6, 6.07) is 9.56. The van der Waals surface area contributed by atoms with Crippen molar-refractivity contribution < 1.29 is 0 Å². The topological polar surface area (TPSA) is 3.24 Å². The van der Waals surface area contributed by atoms with Crippen molar-refractivity contribution in [3.63, 3.8) is 0 Å². The van der Waals surface area contributed by atoms with Gasteiger partial charge in [-0.1, -0.05) is 38.1 Å². The Kier molecular flexibility index (Phi) is 3.11. The summed E-state index contributed by atoms with van der Waals surface area (Å²) >= 11 is 0. The minimum Gasteiger partial charge on any atom is -0.299 e. The maximum atomic E-state index is 2.50. The summed E-state index contributed by atoms with van der Waals surface area (Å²) in [7, 11) is 2.25. The van der Waals surface area contributed by atoms with E-state index >= 15 is 0 Å². The minimum absolute atomic E-state index is 0.634. The van der Waals surface area contributed by atoms with Gasteiger partial charge in [0, 0.05) is 12.6 Å². The predicted molar refractivity (Wildman–Crippen MR) is 65.0 cm³/mol. The van der Waals surface area contributed by atoms with Gasteiger partial charge in [-0.15, -0.1) is 0 Å². The Labute approximate surface area is 93.1 Å². The maximum absolute atomic E-state index is 2.50. The van der Waals surface area contributed by atoms with Crippen molar-refractivity contribution in [2.75, 3.05) is 13.6 Å². The van der Waals surface area contributed by atoms with Crippen molar-refractivity contribution in [2.45, 2.75) is 32.7 Å². The lowest BCUT2D eigenvalue weighted by Gasteiger charge is -2.35. The third-order valence-electron chi connectivity index (χ3n) is 3.37. The Hall–Kier alpha value is -0.820. The van der Waals surface area contributed by atoms with Crippen molar-refractivity contribution >= 4 is 0 Å². The number of hydrogen-bond acceptors (Lipinski definition) is 1. The van der Waals surface area contributed by atoms with Crippen LogP contribution in [-0.4, -0.2) is 18.5 Å². The molecule has 0 bridgehead atoms. The maximum Gasteiger partial charge on any atom is 0.0350 e. The van der Waals surface area contributed by atoms with Crippen LogP contribution < -0.4 is 0 Å². The Bertz CT molecular complexity index is 330. The fourth-order valence-electron chi connectivity index (χ4n) is 2.53. The molecule has 2 rings (SSSR count). The zero-order valence-electron chi connectivity index (χ0n) is 10.0. The van der Waals surface area contributed by atoms with Crippen molar-refractivity contribution in [3.05, 3.63) is 35.4 Å². The highest BCUT2D eigenvalue weighted by Crippen LogP contribution is 2.32.